The summed E-state index contributed by atoms with van der Waals surface area (Å²) < 4.78 is 0. The zero-order chi connectivity index (χ0) is 34.9. The Hall–Kier alpha value is -6.13. The molecule has 2 fully saturated rings. The van der Waals surface area contributed by atoms with Crippen LogP contribution in [0.15, 0.2) is 164 Å². The van der Waals surface area contributed by atoms with Gasteiger partial charge in [-0.1, -0.05) is 169 Å². The van der Waals surface area contributed by atoms with Crippen LogP contribution in [0.1, 0.15) is 33.4 Å². The molecule has 4 nitrogen and oxygen atoms in total. The molecule has 51 heavy (non-hydrogen) atoms. The molecule has 6 aromatic carbocycles. The standard InChI is InChI=1S/C47H35NO3/c1-30-22-26-33(27-23-30)39-40(34-28-24-31(2)25-29-34)47(36-18-10-5-11-19-36)42-41(46(39,45(47)51)35-16-8-4-9-17-35)43(49)48(44(42)50)38-21-13-12-20-37(38)32-14-6-3-7-15-32/h3-29,41-42H,1-2H3/t41-,42+,46-,47-/m1/s1. The van der Waals surface area contributed by atoms with Crippen LogP contribution in [0.5, 0.6) is 0 Å². The number of benzene rings is 6. The number of nitrogens with zero attached hydrogens (tertiary/aromatic N) is 1. The van der Waals surface area contributed by atoms with E-state index >= 15 is 14.4 Å². The number of carbonyl (C=O) groups excluding carboxylic acids is 3. The average molecular weight is 662 g/mol. The molecule has 0 N–H and O–H groups in total. The highest BCUT2D eigenvalue weighted by Crippen LogP contribution is 2.74. The molecule has 0 spiro atoms. The number of para-hydroxylation sites is 1. The first-order valence-corrected chi connectivity index (χ1v) is 17.5. The Kier molecular flexibility index (Phi) is 6.94. The Morgan fingerprint density at radius 1 is 0.431 bits per heavy atom. The number of hydrogen-bond acceptors (Lipinski definition) is 3. The number of rotatable bonds is 6. The van der Waals surface area contributed by atoms with Crippen molar-refractivity contribution in [2.24, 2.45) is 11.8 Å². The van der Waals surface area contributed by atoms with Crippen LogP contribution in [0.3, 0.4) is 0 Å². The van der Waals surface area contributed by atoms with Crippen molar-refractivity contribution in [2.75, 3.05) is 4.90 Å². The van der Waals surface area contributed by atoms with Gasteiger partial charge in [0.1, 0.15) is 0 Å². The van der Waals surface area contributed by atoms with Crippen LogP contribution < -0.4 is 4.90 Å². The molecule has 2 bridgehead atoms. The first-order chi connectivity index (χ1) is 24.9. The summed E-state index contributed by atoms with van der Waals surface area (Å²) in [4.78, 5) is 48.6. The molecular weight excluding hydrogens is 627 g/mol. The van der Waals surface area contributed by atoms with E-state index in [0.717, 1.165) is 55.7 Å². The fraction of sp³-hybridized carbons (Fsp3) is 0.128. The van der Waals surface area contributed by atoms with Gasteiger partial charge >= 0.3 is 0 Å². The highest BCUT2D eigenvalue weighted by atomic mass is 16.2. The second kappa shape index (κ2) is 11.5. The summed E-state index contributed by atoms with van der Waals surface area (Å²) in [6.07, 6.45) is 0. The number of carbonyl (C=O) groups is 3. The minimum absolute atomic E-state index is 0.119. The summed E-state index contributed by atoms with van der Waals surface area (Å²) >= 11 is 0. The number of imide groups is 1. The van der Waals surface area contributed by atoms with Crippen LogP contribution >= 0.6 is 0 Å². The molecule has 4 atom stereocenters. The maximum Gasteiger partial charge on any atom is 0.239 e. The average Bonchev–Trinajstić information content (AvgIpc) is 3.68. The van der Waals surface area contributed by atoms with Crippen molar-refractivity contribution < 1.29 is 14.4 Å². The normalized spacial score (nSPS) is 23.6. The van der Waals surface area contributed by atoms with E-state index in [-0.39, 0.29) is 17.6 Å². The fourth-order valence-corrected chi connectivity index (χ4v) is 9.33. The van der Waals surface area contributed by atoms with Gasteiger partial charge in [0, 0.05) is 5.56 Å². The highest BCUT2D eigenvalue weighted by molar-refractivity contribution is 6.39. The topological polar surface area (TPSA) is 54.5 Å². The van der Waals surface area contributed by atoms with Crippen LogP contribution in [0.4, 0.5) is 5.69 Å². The maximum absolute atomic E-state index is 16.2. The number of ketones is 1. The minimum Gasteiger partial charge on any atom is -0.297 e. The van der Waals surface area contributed by atoms with E-state index in [2.05, 4.69) is 48.5 Å². The zero-order valence-corrected chi connectivity index (χ0v) is 28.4. The summed E-state index contributed by atoms with van der Waals surface area (Å²) in [5, 5.41) is 0. The molecule has 1 aliphatic heterocycles. The molecule has 0 unspecified atom stereocenters. The third-order valence-corrected chi connectivity index (χ3v) is 11.4. The zero-order valence-electron chi connectivity index (χ0n) is 28.4. The molecule has 2 amide bonds. The number of Topliss-reactive ketones (excluding diaryl/α,β-unsaturated/α-hetero) is 1. The molecule has 1 saturated carbocycles. The van der Waals surface area contributed by atoms with Gasteiger partial charge in [0.25, 0.3) is 0 Å². The van der Waals surface area contributed by atoms with Crippen LogP contribution in [-0.4, -0.2) is 17.6 Å². The SMILES string of the molecule is Cc1ccc(C2=C(c3ccc(C)cc3)[C@@]3(c4ccccc4)C(=O)[C@@]2(c2ccccc2)[C@@H]2C(=O)N(c4ccccc4-c4ccccc4)C(=O)[C@@H]23)cc1. The highest BCUT2D eigenvalue weighted by Gasteiger charge is 2.82. The summed E-state index contributed by atoms with van der Waals surface area (Å²) in [6, 6.07) is 53.3. The van der Waals surface area contributed by atoms with Crippen LogP contribution in [0.25, 0.3) is 22.3 Å². The lowest BCUT2D eigenvalue weighted by Gasteiger charge is -2.39. The summed E-state index contributed by atoms with van der Waals surface area (Å²) in [5.41, 5.74) is 6.28. The minimum atomic E-state index is -1.44. The van der Waals surface area contributed by atoms with E-state index in [0.29, 0.717) is 5.69 Å². The fourth-order valence-electron chi connectivity index (χ4n) is 9.33. The van der Waals surface area contributed by atoms with Crippen LogP contribution in [0, 0.1) is 25.7 Å². The lowest BCUT2D eigenvalue weighted by Crippen LogP contribution is -2.45. The second-order valence-corrected chi connectivity index (χ2v) is 14.0. The van der Waals surface area contributed by atoms with Gasteiger partial charge in [-0.25, -0.2) is 4.90 Å². The van der Waals surface area contributed by atoms with Crippen LogP contribution in [-0.2, 0) is 25.2 Å². The third-order valence-electron chi connectivity index (χ3n) is 11.4. The Bertz CT molecular complexity index is 2250. The van der Waals surface area contributed by atoms with E-state index < -0.39 is 22.7 Å². The first-order valence-electron chi connectivity index (χ1n) is 17.5. The number of anilines is 1. The van der Waals surface area contributed by atoms with Crippen molar-refractivity contribution in [2.45, 2.75) is 24.7 Å². The van der Waals surface area contributed by atoms with E-state index in [1.165, 1.54) is 4.90 Å². The van der Waals surface area contributed by atoms with Gasteiger partial charge < -0.3 is 0 Å². The van der Waals surface area contributed by atoms with E-state index in [4.69, 9.17) is 0 Å². The molecule has 4 heteroatoms. The van der Waals surface area contributed by atoms with Crippen molar-refractivity contribution in [3.05, 3.63) is 197 Å². The number of aryl methyl sites for hydroxylation is 2. The van der Waals surface area contributed by atoms with Crippen molar-refractivity contribution in [3.63, 3.8) is 0 Å². The predicted octanol–water partition coefficient (Wildman–Crippen LogP) is 9.16. The lowest BCUT2D eigenvalue weighted by atomic mass is 9.59. The van der Waals surface area contributed by atoms with Gasteiger partial charge in [0.2, 0.25) is 11.8 Å². The molecule has 2 aliphatic carbocycles. The Balaban J connectivity index is 1.42. The molecule has 1 saturated heterocycles. The smallest absolute Gasteiger partial charge is 0.239 e. The molecule has 3 aliphatic rings. The van der Waals surface area contributed by atoms with Crippen molar-refractivity contribution in [1.82, 2.24) is 0 Å². The van der Waals surface area contributed by atoms with Gasteiger partial charge in [-0.3, -0.25) is 14.4 Å². The number of allylic oxidation sites excluding steroid dienone is 2. The van der Waals surface area contributed by atoms with E-state index in [1.807, 2.05) is 129 Å². The quantitative estimate of drug-likeness (QED) is 0.167. The first kappa shape index (κ1) is 30.9. The number of fused-ring (bicyclic) bond motifs is 5. The number of hydrogen-bond donors (Lipinski definition) is 0. The summed E-state index contributed by atoms with van der Waals surface area (Å²) in [5.74, 6) is -2.78. The van der Waals surface area contributed by atoms with Crippen molar-refractivity contribution in [1.29, 1.82) is 0 Å². The molecular formula is C47H35NO3. The third kappa shape index (κ3) is 4.11. The maximum atomic E-state index is 16.2. The van der Waals surface area contributed by atoms with Gasteiger partial charge in [0.15, 0.2) is 5.78 Å². The summed E-state index contributed by atoms with van der Waals surface area (Å²) in [7, 11) is 0. The van der Waals surface area contributed by atoms with Crippen molar-refractivity contribution >= 4 is 34.4 Å². The van der Waals surface area contributed by atoms with Crippen molar-refractivity contribution in [3.8, 4) is 11.1 Å². The largest absolute Gasteiger partial charge is 0.297 e. The van der Waals surface area contributed by atoms with Gasteiger partial charge in [-0.2, -0.15) is 0 Å². The molecule has 0 aromatic heterocycles. The molecule has 6 aromatic rings. The van der Waals surface area contributed by atoms with Crippen LogP contribution in [0.2, 0.25) is 0 Å². The Morgan fingerprint density at radius 2 is 0.824 bits per heavy atom. The number of amides is 2. The molecule has 0 radical (unpaired) electrons. The monoisotopic (exact) mass is 661 g/mol. The van der Waals surface area contributed by atoms with Gasteiger partial charge in [-0.15, -0.1) is 0 Å². The lowest BCUT2D eigenvalue weighted by molar-refractivity contribution is -0.130. The van der Waals surface area contributed by atoms with E-state index in [9.17, 15) is 0 Å². The van der Waals surface area contributed by atoms with E-state index in [1.54, 1.807) is 0 Å². The molecule has 9 rings (SSSR count). The molecule has 246 valence electrons. The molecule has 1 heterocycles. The second-order valence-electron chi connectivity index (χ2n) is 14.0. The summed E-state index contributed by atoms with van der Waals surface area (Å²) in [6.45, 7) is 4.08. The Labute approximate surface area is 297 Å². The van der Waals surface area contributed by atoms with Gasteiger partial charge in [-0.05, 0) is 58.9 Å². The predicted molar refractivity (Wildman–Crippen MR) is 202 cm³/mol. The Morgan fingerprint density at radius 3 is 1.27 bits per heavy atom. The van der Waals surface area contributed by atoms with Gasteiger partial charge in [0.05, 0.1) is 28.4 Å².